The van der Waals surface area contributed by atoms with E-state index in [-0.39, 0.29) is 0 Å². The molecule has 0 amide bonds. The summed E-state index contributed by atoms with van der Waals surface area (Å²) in [5.41, 5.74) is 2.13. The summed E-state index contributed by atoms with van der Waals surface area (Å²) in [7, 11) is 0. The summed E-state index contributed by atoms with van der Waals surface area (Å²) in [6.07, 6.45) is 1.74. The first-order valence-electron chi connectivity index (χ1n) is 5.16. The van der Waals surface area contributed by atoms with Crippen molar-refractivity contribution in [2.75, 3.05) is 0 Å². The van der Waals surface area contributed by atoms with E-state index in [2.05, 4.69) is 36.8 Å². The van der Waals surface area contributed by atoms with Gasteiger partial charge in [-0.25, -0.2) is 0 Å². The Balaban J connectivity index is 1.97. The summed E-state index contributed by atoms with van der Waals surface area (Å²) in [5.74, 6) is 0.787. The average molecular weight is 357 g/mol. The molecule has 0 aliphatic rings. The Hall–Kier alpha value is -0.870. The minimum absolute atomic E-state index is 0.550. The van der Waals surface area contributed by atoms with E-state index in [1.54, 1.807) is 6.20 Å². The minimum Gasteiger partial charge on any atom is -0.487 e. The van der Waals surface area contributed by atoms with E-state index in [1.807, 2.05) is 36.4 Å². The monoisotopic (exact) mass is 355 g/mol. The van der Waals surface area contributed by atoms with Crippen molar-refractivity contribution in [2.24, 2.45) is 0 Å². The SMILES string of the molecule is BrCc1ccc(OCc2cccc(Br)c2)cn1. The molecule has 0 aliphatic heterocycles. The predicted molar refractivity (Wildman–Crippen MR) is 75.3 cm³/mol. The van der Waals surface area contributed by atoms with E-state index < -0.39 is 0 Å². The smallest absolute Gasteiger partial charge is 0.138 e. The van der Waals surface area contributed by atoms with Crippen molar-refractivity contribution in [2.45, 2.75) is 11.9 Å². The van der Waals surface area contributed by atoms with Gasteiger partial charge in [0.2, 0.25) is 0 Å². The van der Waals surface area contributed by atoms with Crippen molar-refractivity contribution in [3.05, 3.63) is 58.3 Å². The molecule has 1 heterocycles. The number of aromatic nitrogens is 1. The molecule has 88 valence electrons. The summed E-state index contributed by atoms with van der Waals surface area (Å²) in [5, 5.41) is 0.763. The number of rotatable bonds is 4. The lowest BCUT2D eigenvalue weighted by atomic mass is 10.2. The molecule has 1 aromatic heterocycles. The average Bonchev–Trinajstić information content (AvgIpc) is 2.37. The van der Waals surface area contributed by atoms with Crippen LogP contribution in [0.3, 0.4) is 0 Å². The van der Waals surface area contributed by atoms with Crippen molar-refractivity contribution < 1.29 is 4.74 Å². The normalized spacial score (nSPS) is 10.2. The van der Waals surface area contributed by atoms with Crippen molar-refractivity contribution >= 4 is 31.9 Å². The lowest BCUT2D eigenvalue weighted by molar-refractivity contribution is 0.305. The fourth-order valence-electron chi connectivity index (χ4n) is 1.37. The fourth-order valence-corrected chi connectivity index (χ4v) is 2.15. The van der Waals surface area contributed by atoms with Crippen molar-refractivity contribution in [1.29, 1.82) is 0 Å². The summed E-state index contributed by atoms with van der Waals surface area (Å²) < 4.78 is 6.71. The van der Waals surface area contributed by atoms with E-state index in [1.165, 1.54) is 0 Å². The molecule has 1 aromatic carbocycles. The highest BCUT2D eigenvalue weighted by Gasteiger charge is 1.98. The molecular formula is C13H11Br2NO. The van der Waals surface area contributed by atoms with Crippen molar-refractivity contribution in [3.8, 4) is 5.75 Å². The molecule has 0 fully saturated rings. The van der Waals surface area contributed by atoms with Gasteiger partial charge in [0.05, 0.1) is 11.9 Å². The fraction of sp³-hybridized carbons (Fsp3) is 0.154. The Bertz CT molecular complexity index is 485. The summed E-state index contributed by atoms with van der Waals surface area (Å²) >= 11 is 6.79. The third-order valence-electron chi connectivity index (χ3n) is 2.23. The van der Waals surface area contributed by atoms with Crippen LogP contribution in [0.5, 0.6) is 5.75 Å². The Kier molecular flexibility index (Phi) is 4.57. The number of hydrogen-bond donors (Lipinski definition) is 0. The van der Waals surface area contributed by atoms with Crippen LogP contribution in [0.25, 0.3) is 0 Å². The molecule has 0 radical (unpaired) electrons. The Morgan fingerprint density at radius 3 is 2.71 bits per heavy atom. The Morgan fingerprint density at radius 2 is 2.06 bits per heavy atom. The van der Waals surface area contributed by atoms with Crippen LogP contribution in [-0.2, 0) is 11.9 Å². The number of nitrogens with zero attached hydrogens (tertiary/aromatic N) is 1. The van der Waals surface area contributed by atoms with E-state index in [0.29, 0.717) is 6.61 Å². The zero-order valence-electron chi connectivity index (χ0n) is 9.07. The summed E-state index contributed by atoms with van der Waals surface area (Å²) in [4.78, 5) is 4.25. The second-order valence-electron chi connectivity index (χ2n) is 3.54. The van der Waals surface area contributed by atoms with Crippen LogP contribution in [-0.4, -0.2) is 4.98 Å². The maximum Gasteiger partial charge on any atom is 0.138 e. The molecule has 2 aromatic rings. The largest absolute Gasteiger partial charge is 0.487 e. The molecule has 0 N–H and O–H groups in total. The van der Waals surface area contributed by atoms with Crippen LogP contribution < -0.4 is 4.74 Å². The second-order valence-corrected chi connectivity index (χ2v) is 5.01. The van der Waals surface area contributed by atoms with Gasteiger partial charge in [-0.2, -0.15) is 0 Å². The van der Waals surface area contributed by atoms with Gasteiger partial charge in [0.15, 0.2) is 0 Å². The topological polar surface area (TPSA) is 22.1 Å². The molecule has 2 nitrogen and oxygen atoms in total. The number of alkyl halides is 1. The maximum absolute atomic E-state index is 5.65. The lowest BCUT2D eigenvalue weighted by Crippen LogP contribution is -1.96. The molecule has 4 heteroatoms. The maximum atomic E-state index is 5.65. The Labute approximate surface area is 117 Å². The van der Waals surface area contributed by atoms with Crippen LogP contribution in [0, 0.1) is 0 Å². The first kappa shape index (κ1) is 12.6. The first-order valence-corrected chi connectivity index (χ1v) is 7.07. The molecule has 0 unspecified atom stereocenters. The van der Waals surface area contributed by atoms with Gasteiger partial charge in [0.1, 0.15) is 12.4 Å². The van der Waals surface area contributed by atoms with Gasteiger partial charge in [-0.3, -0.25) is 4.98 Å². The third-order valence-corrected chi connectivity index (χ3v) is 3.30. The van der Waals surface area contributed by atoms with E-state index in [4.69, 9.17) is 4.74 Å². The van der Waals surface area contributed by atoms with Gasteiger partial charge in [-0.1, -0.05) is 44.0 Å². The molecule has 0 saturated heterocycles. The van der Waals surface area contributed by atoms with Crippen LogP contribution in [0.4, 0.5) is 0 Å². The van der Waals surface area contributed by atoms with Crippen molar-refractivity contribution in [1.82, 2.24) is 4.98 Å². The van der Waals surface area contributed by atoms with Gasteiger partial charge in [0.25, 0.3) is 0 Å². The second kappa shape index (κ2) is 6.17. The highest BCUT2D eigenvalue weighted by molar-refractivity contribution is 9.10. The number of pyridine rings is 1. The van der Waals surface area contributed by atoms with Crippen LogP contribution in [0.15, 0.2) is 47.1 Å². The molecule has 0 aliphatic carbocycles. The number of halogens is 2. The quantitative estimate of drug-likeness (QED) is 0.761. The van der Waals surface area contributed by atoms with Crippen LogP contribution >= 0.6 is 31.9 Å². The van der Waals surface area contributed by atoms with Crippen LogP contribution in [0.2, 0.25) is 0 Å². The number of hydrogen-bond acceptors (Lipinski definition) is 2. The van der Waals surface area contributed by atoms with Crippen LogP contribution in [0.1, 0.15) is 11.3 Å². The molecule has 17 heavy (non-hydrogen) atoms. The standard InChI is InChI=1S/C13H11Br2NO/c14-7-12-4-5-13(8-16-12)17-9-10-2-1-3-11(15)6-10/h1-6,8H,7,9H2. The number of ether oxygens (including phenoxy) is 1. The van der Waals surface area contributed by atoms with Gasteiger partial charge in [-0.05, 0) is 29.8 Å². The van der Waals surface area contributed by atoms with E-state index in [9.17, 15) is 0 Å². The van der Waals surface area contributed by atoms with Gasteiger partial charge >= 0.3 is 0 Å². The van der Waals surface area contributed by atoms with Gasteiger partial charge in [-0.15, -0.1) is 0 Å². The lowest BCUT2D eigenvalue weighted by Gasteiger charge is -2.06. The van der Waals surface area contributed by atoms with E-state index >= 15 is 0 Å². The highest BCUT2D eigenvalue weighted by Crippen LogP contribution is 2.15. The molecule has 0 saturated carbocycles. The zero-order valence-corrected chi connectivity index (χ0v) is 12.2. The molecule has 2 rings (SSSR count). The summed E-state index contributed by atoms with van der Waals surface area (Å²) in [6, 6.07) is 11.9. The molecule has 0 atom stereocenters. The minimum atomic E-state index is 0.550. The van der Waals surface area contributed by atoms with Gasteiger partial charge < -0.3 is 4.74 Å². The first-order chi connectivity index (χ1) is 8.28. The van der Waals surface area contributed by atoms with Gasteiger partial charge in [0, 0.05) is 9.80 Å². The zero-order chi connectivity index (χ0) is 12.1. The number of benzene rings is 1. The highest BCUT2D eigenvalue weighted by atomic mass is 79.9. The summed E-state index contributed by atoms with van der Waals surface area (Å²) in [6.45, 7) is 0.550. The van der Waals surface area contributed by atoms with E-state index in [0.717, 1.165) is 26.8 Å². The molecule has 0 spiro atoms. The third kappa shape index (κ3) is 3.82. The predicted octanol–water partition coefficient (Wildman–Crippen LogP) is 4.32. The Morgan fingerprint density at radius 1 is 1.18 bits per heavy atom. The molecule has 0 bridgehead atoms. The van der Waals surface area contributed by atoms with Crippen molar-refractivity contribution in [3.63, 3.8) is 0 Å². The molecular weight excluding hydrogens is 346 g/mol.